The van der Waals surface area contributed by atoms with Gasteiger partial charge in [-0.15, -0.1) is 0 Å². The highest BCUT2D eigenvalue weighted by Gasteiger charge is 2.09. The van der Waals surface area contributed by atoms with Gasteiger partial charge in [0.1, 0.15) is 10.7 Å². The summed E-state index contributed by atoms with van der Waals surface area (Å²) in [5.74, 6) is 0.140. The first-order chi connectivity index (χ1) is 4.61. The van der Waals surface area contributed by atoms with Crippen molar-refractivity contribution in [3.63, 3.8) is 0 Å². The Hall–Kier alpha value is -1.10. The third kappa shape index (κ3) is 1.08. The molecule has 1 rings (SSSR count). The lowest BCUT2D eigenvalue weighted by molar-refractivity contribution is 0.102. The number of rotatable bonds is 1. The molecule has 0 amide bonds. The van der Waals surface area contributed by atoms with E-state index in [1.807, 2.05) is 0 Å². The monoisotopic (exact) mass is 157 g/mol. The van der Waals surface area contributed by atoms with Crippen LogP contribution in [0.25, 0.3) is 0 Å². The van der Waals surface area contributed by atoms with E-state index in [1.165, 1.54) is 6.92 Å². The zero-order valence-corrected chi connectivity index (χ0v) is 6.23. The van der Waals surface area contributed by atoms with Crippen molar-refractivity contribution in [1.29, 1.82) is 0 Å². The largest absolute Gasteiger partial charge is 0.382 e. The van der Waals surface area contributed by atoms with E-state index in [2.05, 4.69) is 4.98 Å². The van der Waals surface area contributed by atoms with Crippen LogP contribution in [0, 0.1) is 0 Å². The van der Waals surface area contributed by atoms with Gasteiger partial charge in [0.25, 0.3) is 0 Å². The van der Waals surface area contributed by atoms with Crippen LogP contribution in [0.5, 0.6) is 0 Å². The third-order valence-corrected chi connectivity index (χ3v) is 1.99. The van der Waals surface area contributed by atoms with Crippen LogP contribution < -0.4 is 11.5 Å². The fraction of sp³-hybridized carbons (Fsp3) is 0.200. The normalized spacial score (nSPS) is 9.70. The van der Waals surface area contributed by atoms with Crippen LogP contribution in [0.3, 0.4) is 0 Å². The number of hydrogen-bond donors (Lipinski definition) is 2. The first-order valence-corrected chi connectivity index (χ1v) is 3.45. The van der Waals surface area contributed by atoms with Crippen molar-refractivity contribution in [2.75, 3.05) is 11.5 Å². The Morgan fingerprint density at radius 3 is 2.40 bits per heavy atom. The number of nitrogens with zero attached hydrogens (tertiary/aromatic N) is 1. The van der Waals surface area contributed by atoms with Crippen LogP contribution in [0.1, 0.15) is 16.6 Å². The van der Waals surface area contributed by atoms with Crippen molar-refractivity contribution in [1.82, 2.24) is 4.98 Å². The highest BCUT2D eigenvalue weighted by atomic mass is 32.1. The molecule has 4 nitrogen and oxygen atoms in total. The molecule has 0 radical (unpaired) electrons. The molecule has 0 saturated carbocycles. The lowest BCUT2D eigenvalue weighted by Crippen LogP contribution is -1.94. The van der Waals surface area contributed by atoms with E-state index in [4.69, 9.17) is 11.5 Å². The van der Waals surface area contributed by atoms with E-state index in [-0.39, 0.29) is 11.6 Å². The van der Waals surface area contributed by atoms with E-state index in [9.17, 15) is 4.79 Å². The summed E-state index contributed by atoms with van der Waals surface area (Å²) in [6, 6.07) is 0. The molecule has 0 spiro atoms. The molecule has 0 fully saturated rings. The van der Waals surface area contributed by atoms with Crippen LogP contribution in [-0.2, 0) is 0 Å². The Balaban J connectivity index is 3.15. The summed E-state index contributed by atoms with van der Waals surface area (Å²) in [6.45, 7) is 1.43. The number of thiazole rings is 1. The number of nitrogen functional groups attached to an aromatic ring is 2. The van der Waals surface area contributed by atoms with Gasteiger partial charge in [0.05, 0.1) is 0 Å². The number of nitrogens with two attached hydrogens (primary N) is 2. The number of Topliss-reactive ketones (excluding diaryl/α,β-unsaturated/α-hetero) is 1. The molecule has 0 atom stereocenters. The van der Waals surface area contributed by atoms with Gasteiger partial charge in [-0.1, -0.05) is 11.3 Å². The molecule has 0 unspecified atom stereocenters. The molecule has 0 bridgehead atoms. The Labute approximate surface area is 61.9 Å². The standard InChI is InChI=1S/C5H7N3OS/c1-2(9)3-4(6)8-5(7)10-3/h6H2,1H3,(H2,7,8). The van der Waals surface area contributed by atoms with Gasteiger partial charge in [-0.05, 0) is 0 Å². The topological polar surface area (TPSA) is 82.0 Å². The van der Waals surface area contributed by atoms with Gasteiger partial charge >= 0.3 is 0 Å². The lowest BCUT2D eigenvalue weighted by atomic mass is 10.4. The number of hydrogen-bond acceptors (Lipinski definition) is 5. The van der Waals surface area contributed by atoms with Crippen molar-refractivity contribution >= 4 is 28.1 Å². The smallest absolute Gasteiger partial charge is 0.182 e. The van der Waals surface area contributed by atoms with Crippen molar-refractivity contribution in [2.45, 2.75) is 6.92 Å². The summed E-state index contributed by atoms with van der Waals surface area (Å²) in [7, 11) is 0. The average molecular weight is 157 g/mol. The minimum Gasteiger partial charge on any atom is -0.382 e. The molecule has 0 aliphatic carbocycles. The van der Waals surface area contributed by atoms with Crippen LogP contribution in [-0.4, -0.2) is 10.8 Å². The first-order valence-electron chi connectivity index (χ1n) is 2.64. The third-order valence-electron chi connectivity index (χ3n) is 0.990. The molecule has 0 aliphatic heterocycles. The second-order valence-corrected chi connectivity index (χ2v) is 2.85. The molecule has 4 N–H and O–H groups in total. The van der Waals surface area contributed by atoms with Crippen LogP contribution in [0.15, 0.2) is 0 Å². The summed E-state index contributed by atoms with van der Waals surface area (Å²) < 4.78 is 0. The number of ketones is 1. The van der Waals surface area contributed by atoms with Crippen molar-refractivity contribution < 1.29 is 4.79 Å². The fourth-order valence-electron chi connectivity index (χ4n) is 0.601. The van der Waals surface area contributed by atoms with Crippen LogP contribution in [0.2, 0.25) is 0 Å². The van der Waals surface area contributed by atoms with E-state index in [1.54, 1.807) is 0 Å². The van der Waals surface area contributed by atoms with Crippen LogP contribution in [0.4, 0.5) is 10.9 Å². The predicted molar refractivity (Wildman–Crippen MR) is 40.9 cm³/mol. The summed E-state index contributed by atoms with van der Waals surface area (Å²) in [6.07, 6.45) is 0. The zero-order chi connectivity index (χ0) is 7.72. The van der Waals surface area contributed by atoms with Crippen molar-refractivity contribution in [2.24, 2.45) is 0 Å². The highest BCUT2D eigenvalue weighted by molar-refractivity contribution is 7.17. The molecule has 0 aromatic carbocycles. The maximum Gasteiger partial charge on any atom is 0.182 e. The van der Waals surface area contributed by atoms with Gasteiger partial charge in [0, 0.05) is 6.92 Å². The number of carbonyl (C=O) groups excluding carboxylic acids is 1. The summed E-state index contributed by atoms with van der Waals surface area (Å²) in [5.41, 5.74) is 10.6. The van der Waals surface area contributed by atoms with Gasteiger partial charge in [-0.3, -0.25) is 4.79 Å². The number of anilines is 2. The van der Waals surface area contributed by atoms with E-state index in [0.717, 1.165) is 11.3 Å². The summed E-state index contributed by atoms with van der Waals surface area (Å²) >= 11 is 1.11. The lowest BCUT2D eigenvalue weighted by Gasteiger charge is -1.85. The molecule has 54 valence electrons. The van der Waals surface area contributed by atoms with Gasteiger partial charge in [0.2, 0.25) is 0 Å². The van der Waals surface area contributed by atoms with Crippen molar-refractivity contribution in [3.05, 3.63) is 4.88 Å². The second kappa shape index (κ2) is 2.26. The quantitative estimate of drug-likeness (QED) is 0.582. The molecule has 5 heteroatoms. The SMILES string of the molecule is CC(=O)c1sc(N)nc1N. The summed E-state index contributed by atoms with van der Waals surface area (Å²) in [5, 5.41) is 0.336. The Morgan fingerprint density at radius 2 is 2.20 bits per heavy atom. The highest BCUT2D eigenvalue weighted by Crippen LogP contribution is 2.21. The average Bonchev–Trinajstić information content (AvgIpc) is 2.10. The Morgan fingerprint density at radius 1 is 1.60 bits per heavy atom. The number of carbonyl (C=O) groups is 1. The molecular formula is C5H7N3OS. The van der Waals surface area contributed by atoms with E-state index < -0.39 is 0 Å². The Kier molecular flexibility index (Phi) is 1.58. The van der Waals surface area contributed by atoms with Gasteiger partial charge in [-0.2, -0.15) is 0 Å². The zero-order valence-electron chi connectivity index (χ0n) is 5.42. The summed E-state index contributed by atoms with van der Waals surface area (Å²) in [4.78, 5) is 14.8. The fourth-order valence-corrected chi connectivity index (χ4v) is 1.25. The van der Waals surface area contributed by atoms with Crippen LogP contribution >= 0.6 is 11.3 Å². The van der Waals surface area contributed by atoms with Gasteiger partial charge in [0.15, 0.2) is 10.9 Å². The minimum atomic E-state index is -0.0910. The van der Waals surface area contributed by atoms with Gasteiger partial charge in [-0.25, -0.2) is 4.98 Å². The minimum absolute atomic E-state index is 0.0910. The van der Waals surface area contributed by atoms with Gasteiger partial charge < -0.3 is 11.5 Å². The second-order valence-electron chi connectivity index (χ2n) is 1.82. The molecule has 0 aliphatic rings. The molecular weight excluding hydrogens is 150 g/mol. The predicted octanol–water partition coefficient (Wildman–Crippen LogP) is 0.510. The van der Waals surface area contributed by atoms with E-state index >= 15 is 0 Å². The number of aromatic nitrogens is 1. The molecule has 1 heterocycles. The molecule has 0 saturated heterocycles. The molecule has 1 aromatic rings. The maximum absolute atomic E-state index is 10.7. The molecule has 1 aromatic heterocycles. The molecule has 10 heavy (non-hydrogen) atoms. The van der Waals surface area contributed by atoms with E-state index in [0.29, 0.717) is 10.0 Å². The first kappa shape index (κ1) is 7.01. The maximum atomic E-state index is 10.7. The Bertz CT molecular complexity index is 268. The van der Waals surface area contributed by atoms with Crippen molar-refractivity contribution in [3.8, 4) is 0 Å².